The summed E-state index contributed by atoms with van der Waals surface area (Å²) in [6.07, 6.45) is -3.99. The van der Waals surface area contributed by atoms with Gasteiger partial charge in [0.25, 0.3) is 0 Å². The van der Waals surface area contributed by atoms with Gasteiger partial charge in [0.1, 0.15) is 11.8 Å². The van der Waals surface area contributed by atoms with Crippen molar-refractivity contribution >= 4 is 11.4 Å². The Morgan fingerprint density at radius 3 is 2.57 bits per heavy atom. The lowest BCUT2D eigenvalue weighted by molar-refractivity contribution is -0.138. The molecule has 0 amide bonds. The number of nitrogen functional groups attached to an aromatic ring is 1. The molecule has 1 heterocycles. The Balaban J connectivity index is 2.41. The van der Waals surface area contributed by atoms with Crippen LogP contribution in [0.25, 0.3) is 11.3 Å². The van der Waals surface area contributed by atoms with E-state index in [9.17, 15) is 18.4 Å². The highest BCUT2D eigenvalue weighted by Crippen LogP contribution is 2.39. The fourth-order valence-electron chi connectivity index (χ4n) is 2.59. The second-order valence-electron chi connectivity index (χ2n) is 6.39. The third-order valence-corrected chi connectivity index (χ3v) is 4.02. The van der Waals surface area contributed by atoms with Gasteiger partial charge in [0, 0.05) is 19.2 Å². The van der Waals surface area contributed by atoms with Gasteiger partial charge in [-0.2, -0.15) is 18.4 Å². The number of hydrogen-bond acceptors (Lipinski definition) is 6. The van der Waals surface area contributed by atoms with Crippen LogP contribution in [-0.4, -0.2) is 44.2 Å². The van der Waals surface area contributed by atoms with Gasteiger partial charge >= 0.3 is 6.18 Å². The van der Waals surface area contributed by atoms with Gasteiger partial charge in [-0.05, 0) is 44.8 Å². The van der Waals surface area contributed by atoms with Crippen LogP contribution in [0, 0.1) is 11.3 Å². The summed E-state index contributed by atoms with van der Waals surface area (Å²) in [4.78, 5) is 6.00. The van der Waals surface area contributed by atoms with Gasteiger partial charge in [0.05, 0.1) is 29.2 Å². The summed E-state index contributed by atoms with van der Waals surface area (Å²) >= 11 is 0. The van der Waals surface area contributed by atoms with Crippen molar-refractivity contribution in [2.45, 2.75) is 12.6 Å². The van der Waals surface area contributed by atoms with Crippen LogP contribution in [0.15, 0.2) is 24.3 Å². The van der Waals surface area contributed by atoms with E-state index in [-0.39, 0.29) is 35.0 Å². The first kappa shape index (κ1) is 21.3. The van der Waals surface area contributed by atoms with Crippen molar-refractivity contribution < 1.29 is 17.9 Å². The molecule has 0 aliphatic rings. The first-order valence-corrected chi connectivity index (χ1v) is 8.55. The standard InChI is InChI=1S/C19H22F3N5O/c1-25-15-10-14(26-16(11-23)18(15)24)12-5-6-17(13(9-12)19(20,21)22)28-8-4-7-27(2)3/h5-6,9-10H,4,7-8,24H2,1-3H3,(H,25,26). The molecule has 6 nitrogen and oxygen atoms in total. The smallest absolute Gasteiger partial charge is 0.419 e. The van der Waals surface area contributed by atoms with E-state index in [1.165, 1.54) is 18.2 Å². The van der Waals surface area contributed by atoms with Crippen molar-refractivity contribution in [3.8, 4) is 23.1 Å². The molecule has 28 heavy (non-hydrogen) atoms. The zero-order valence-corrected chi connectivity index (χ0v) is 15.9. The van der Waals surface area contributed by atoms with Gasteiger partial charge < -0.3 is 20.7 Å². The quantitative estimate of drug-likeness (QED) is 0.699. The Morgan fingerprint density at radius 2 is 2.00 bits per heavy atom. The molecule has 150 valence electrons. The van der Waals surface area contributed by atoms with Crippen LogP contribution in [0.2, 0.25) is 0 Å². The average molecular weight is 393 g/mol. The lowest BCUT2D eigenvalue weighted by Gasteiger charge is -2.17. The summed E-state index contributed by atoms with van der Waals surface area (Å²) in [7, 11) is 5.36. The molecule has 1 aromatic heterocycles. The molecule has 0 aliphatic heterocycles. The van der Waals surface area contributed by atoms with Gasteiger partial charge in [-0.25, -0.2) is 4.98 Å². The van der Waals surface area contributed by atoms with Crippen LogP contribution in [0.4, 0.5) is 24.5 Å². The van der Waals surface area contributed by atoms with Gasteiger partial charge in [-0.15, -0.1) is 0 Å². The normalized spacial score (nSPS) is 11.4. The Hall–Kier alpha value is -2.99. The summed E-state index contributed by atoms with van der Waals surface area (Å²) in [6, 6.07) is 7.09. The summed E-state index contributed by atoms with van der Waals surface area (Å²) in [5, 5.41) is 12.0. The van der Waals surface area contributed by atoms with Crippen LogP contribution in [-0.2, 0) is 6.18 Å². The number of halogens is 3. The molecular formula is C19H22F3N5O. The second kappa shape index (κ2) is 8.80. The molecule has 3 N–H and O–H groups in total. The highest BCUT2D eigenvalue weighted by atomic mass is 19.4. The van der Waals surface area contributed by atoms with Crippen LogP contribution in [0.1, 0.15) is 17.7 Å². The highest BCUT2D eigenvalue weighted by Gasteiger charge is 2.35. The largest absolute Gasteiger partial charge is 0.493 e. The van der Waals surface area contributed by atoms with Crippen LogP contribution in [0.3, 0.4) is 0 Å². The number of ether oxygens (including phenoxy) is 1. The Kier molecular flexibility index (Phi) is 6.70. The van der Waals surface area contributed by atoms with Crippen LogP contribution in [0.5, 0.6) is 5.75 Å². The number of anilines is 2. The minimum Gasteiger partial charge on any atom is -0.493 e. The molecule has 0 fully saturated rings. The second-order valence-corrected chi connectivity index (χ2v) is 6.39. The third kappa shape index (κ3) is 5.04. The minimum absolute atomic E-state index is 0.0561. The molecule has 2 aromatic rings. The molecule has 0 atom stereocenters. The summed E-state index contributed by atoms with van der Waals surface area (Å²) in [5.74, 6) is -0.236. The van der Waals surface area contributed by atoms with E-state index < -0.39 is 11.7 Å². The van der Waals surface area contributed by atoms with Gasteiger partial charge in [-0.3, -0.25) is 0 Å². The lowest BCUT2D eigenvalue weighted by atomic mass is 10.0. The molecule has 0 radical (unpaired) electrons. The lowest BCUT2D eigenvalue weighted by Crippen LogP contribution is -2.16. The maximum atomic E-state index is 13.5. The fraction of sp³-hybridized carbons (Fsp3) is 0.368. The monoisotopic (exact) mass is 393 g/mol. The summed E-state index contributed by atoms with van der Waals surface area (Å²) in [6.45, 7) is 0.877. The van der Waals surface area contributed by atoms with Gasteiger partial charge in [0.15, 0.2) is 5.69 Å². The predicted octanol–water partition coefficient (Wildman–Crippen LogP) is 3.59. The number of nitrogens with one attached hydrogen (secondary N) is 1. The predicted molar refractivity (Wildman–Crippen MR) is 102 cm³/mol. The number of nitriles is 1. The topological polar surface area (TPSA) is 87.2 Å². The van der Waals surface area contributed by atoms with Crippen LogP contribution >= 0.6 is 0 Å². The zero-order valence-electron chi connectivity index (χ0n) is 15.9. The minimum atomic E-state index is -4.59. The molecule has 0 unspecified atom stereocenters. The van der Waals surface area contributed by atoms with Crippen molar-refractivity contribution in [3.05, 3.63) is 35.5 Å². The maximum Gasteiger partial charge on any atom is 0.419 e. The Bertz CT molecular complexity index is 875. The van der Waals surface area contributed by atoms with E-state index >= 15 is 0 Å². The number of nitrogens with zero attached hydrogens (tertiary/aromatic N) is 3. The van der Waals surface area contributed by atoms with Crippen molar-refractivity contribution in [2.24, 2.45) is 0 Å². The number of rotatable bonds is 7. The van der Waals surface area contributed by atoms with E-state index in [1.807, 2.05) is 25.1 Å². The first-order chi connectivity index (χ1) is 13.2. The number of nitrogens with two attached hydrogens (primary N) is 1. The number of pyridine rings is 1. The van der Waals surface area contributed by atoms with E-state index in [0.717, 1.165) is 6.07 Å². The maximum absolute atomic E-state index is 13.5. The Morgan fingerprint density at radius 1 is 1.29 bits per heavy atom. The molecular weight excluding hydrogens is 371 g/mol. The molecule has 0 bridgehead atoms. The molecule has 0 aliphatic carbocycles. The Labute approximate surface area is 161 Å². The number of alkyl halides is 3. The molecule has 1 aromatic carbocycles. The zero-order chi connectivity index (χ0) is 20.9. The molecule has 0 spiro atoms. The third-order valence-electron chi connectivity index (χ3n) is 4.02. The van der Waals surface area contributed by atoms with Gasteiger partial charge in [-0.1, -0.05) is 0 Å². The van der Waals surface area contributed by atoms with E-state index in [2.05, 4.69) is 10.3 Å². The van der Waals surface area contributed by atoms with E-state index in [1.54, 1.807) is 7.05 Å². The van der Waals surface area contributed by atoms with Crippen LogP contribution < -0.4 is 15.8 Å². The van der Waals surface area contributed by atoms with E-state index in [4.69, 9.17) is 10.5 Å². The van der Waals surface area contributed by atoms with Crippen molar-refractivity contribution in [1.82, 2.24) is 9.88 Å². The van der Waals surface area contributed by atoms with Crippen molar-refractivity contribution in [1.29, 1.82) is 5.26 Å². The number of aromatic nitrogens is 1. The molecule has 9 heteroatoms. The number of benzene rings is 1. The number of hydrogen-bond donors (Lipinski definition) is 2. The molecule has 0 saturated heterocycles. The molecule has 0 saturated carbocycles. The molecule has 2 rings (SSSR count). The summed E-state index contributed by atoms with van der Waals surface area (Å²) in [5.41, 5.74) is 5.84. The van der Waals surface area contributed by atoms with Crippen molar-refractivity contribution in [2.75, 3.05) is 45.3 Å². The fourth-order valence-corrected chi connectivity index (χ4v) is 2.59. The van der Waals surface area contributed by atoms with E-state index in [0.29, 0.717) is 18.7 Å². The summed E-state index contributed by atoms with van der Waals surface area (Å²) < 4.78 is 46.0. The average Bonchev–Trinajstić information content (AvgIpc) is 2.64. The SMILES string of the molecule is CNc1cc(-c2ccc(OCCCN(C)C)c(C(F)(F)F)c2)nc(C#N)c1N. The highest BCUT2D eigenvalue weighted by molar-refractivity contribution is 5.77. The van der Waals surface area contributed by atoms with Crippen molar-refractivity contribution in [3.63, 3.8) is 0 Å². The first-order valence-electron chi connectivity index (χ1n) is 8.55. The van der Waals surface area contributed by atoms with Gasteiger partial charge in [0.2, 0.25) is 0 Å².